The first kappa shape index (κ1) is 14.5. The Morgan fingerprint density at radius 3 is 2.53 bits per heavy atom. The fourth-order valence-electron chi connectivity index (χ4n) is 3.28. The zero-order chi connectivity index (χ0) is 13.5. The fraction of sp³-hybridized carbons (Fsp3) is 0.706. The van der Waals surface area contributed by atoms with Crippen molar-refractivity contribution in [3.8, 4) is 0 Å². The van der Waals surface area contributed by atoms with E-state index in [-0.39, 0.29) is 6.10 Å². The molecule has 1 aromatic heterocycles. The van der Waals surface area contributed by atoms with Gasteiger partial charge in [0.05, 0.1) is 6.10 Å². The van der Waals surface area contributed by atoms with Crippen LogP contribution in [-0.2, 0) is 6.42 Å². The highest BCUT2D eigenvalue weighted by Crippen LogP contribution is 2.34. The summed E-state index contributed by atoms with van der Waals surface area (Å²) in [6.07, 6.45) is 13.4. The first-order valence-corrected chi connectivity index (χ1v) is 7.86. The van der Waals surface area contributed by atoms with Gasteiger partial charge >= 0.3 is 0 Å². The Hall–Kier alpha value is -0.890. The molecule has 1 saturated carbocycles. The van der Waals surface area contributed by atoms with E-state index in [4.69, 9.17) is 0 Å². The number of rotatable bonds is 6. The van der Waals surface area contributed by atoms with Gasteiger partial charge in [-0.1, -0.05) is 39.0 Å². The summed E-state index contributed by atoms with van der Waals surface area (Å²) in [6, 6.07) is 4.02. The predicted molar refractivity (Wildman–Crippen MR) is 78.9 cm³/mol. The van der Waals surface area contributed by atoms with Gasteiger partial charge in [0, 0.05) is 12.4 Å². The van der Waals surface area contributed by atoms with Gasteiger partial charge in [-0.05, 0) is 48.8 Å². The topological polar surface area (TPSA) is 33.1 Å². The van der Waals surface area contributed by atoms with Crippen molar-refractivity contribution in [2.45, 2.75) is 64.4 Å². The van der Waals surface area contributed by atoms with Gasteiger partial charge in [-0.15, -0.1) is 0 Å². The molecule has 0 bridgehead atoms. The van der Waals surface area contributed by atoms with Gasteiger partial charge < -0.3 is 5.11 Å². The number of unbranched alkanes of at least 4 members (excludes halogenated alkanes) is 1. The van der Waals surface area contributed by atoms with Crippen LogP contribution >= 0.6 is 0 Å². The lowest BCUT2D eigenvalue weighted by molar-refractivity contribution is 0.0726. The first-order chi connectivity index (χ1) is 9.29. The zero-order valence-corrected chi connectivity index (χ0v) is 12.1. The van der Waals surface area contributed by atoms with Crippen LogP contribution in [0.1, 0.15) is 57.4 Å². The Morgan fingerprint density at radius 2 is 1.89 bits per heavy atom. The second-order valence-corrected chi connectivity index (χ2v) is 6.05. The van der Waals surface area contributed by atoms with Crippen molar-refractivity contribution in [3.63, 3.8) is 0 Å². The quantitative estimate of drug-likeness (QED) is 0.840. The number of aliphatic hydroxyl groups excluding tert-OH is 1. The molecule has 1 atom stereocenters. The molecule has 1 unspecified atom stereocenters. The molecule has 0 radical (unpaired) electrons. The number of nitrogens with zero attached hydrogens (tertiary/aromatic N) is 1. The third kappa shape index (κ3) is 4.61. The summed E-state index contributed by atoms with van der Waals surface area (Å²) in [5, 5.41) is 10.4. The Morgan fingerprint density at radius 1 is 1.21 bits per heavy atom. The van der Waals surface area contributed by atoms with Crippen molar-refractivity contribution >= 4 is 0 Å². The van der Waals surface area contributed by atoms with E-state index >= 15 is 0 Å². The highest BCUT2D eigenvalue weighted by atomic mass is 16.3. The van der Waals surface area contributed by atoms with E-state index in [0.717, 1.165) is 12.3 Å². The van der Waals surface area contributed by atoms with Gasteiger partial charge in [0.2, 0.25) is 0 Å². The molecule has 106 valence electrons. The summed E-state index contributed by atoms with van der Waals surface area (Å²) in [5.74, 6) is 1.43. The van der Waals surface area contributed by atoms with E-state index in [1.54, 1.807) is 0 Å². The molecule has 2 rings (SSSR count). The molecule has 0 amide bonds. The monoisotopic (exact) mass is 261 g/mol. The van der Waals surface area contributed by atoms with Gasteiger partial charge in [0.25, 0.3) is 0 Å². The molecule has 1 aliphatic rings. The molecule has 1 aliphatic carbocycles. The smallest absolute Gasteiger partial charge is 0.0608 e. The number of aromatic nitrogens is 1. The van der Waals surface area contributed by atoms with Gasteiger partial charge in [0.1, 0.15) is 0 Å². The van der Waals surface area contributed by atoms with Gasteiger partial charge in [0.15, 0.2) is 0 Å². The van der Waals surface area contributed by atoms with Gasteiger partial charge in [-0.2, -0.15) is 0 Å². The van der Waals surface area contributed by atoms with Crippen molar-refractivity contribution in [2.24, 2.45) is 11.8 Å². The Kier molecular flexibility index (Phi) is 5.84. The molecule has 2 heteroatoms. The van der Waals surface area contributed by atoms with Crippen LogP contribution in [0.5, 0.6) is 0 Å². The first-order valence-electron chi connectivity index (χ1n) is 7.86. The SMILES string of the molecule is CCCCC1CCC(C(O)Cc2ccncc2)CC1. The molecule has 0 saturated heterocycles. The average Bonchev–Trinajstić information content (AvgIpc) is 2.46. The zero-order valence-electron chi connectivity index (χ0n) is 12.1. The van der Waals surface area contributed by atoms with Crippen LogP contribution in [0.4, 0.5) is 0 Å². The normalized spacial score (nSPS) is 25.2. The molecule has 1 heterocycles. The maximum absolute atomic E-state index is 10.4. The van der Waals surface area contributed by atoms with Crippen molar-refractivity contribution in [1.82, 2.24) is 4.98 Å². The summed E-state index contributed by atoms with van der Waals surface area (Å²) >= 11 is 0. The summed E-state index contributed by atoms with van der Waals surface area (Å²) in [4.78, 5) is 4.02. The number of pyridine rings is 1. The molecular weight excluding hydrogens is 234 g/mol. The van der Waals surface area contributed by atoms with Crippen LogP contribution in [-0.4, -0.2) is 16.2 Å². The molecule has 1 N–H and O–H groups in total. The predicted octanol–water partition coefficient (Wildman–Crippen LogP) is 3.98. The highest BCUT2D eigenvalue weighted by molar-refractivity contribution is 5.11. The summed E-state index contributed by atoms with van der Waals surface area (Å²) in [5.41, 5.74) is 1.20. The standard InChI is InChI=1S/C17H27NO/c1-2-3-4-14-5-7-16(8-6-14)17(19)13-15-9-11-18-12-10-15/h9-12,14,16-17,19H,2-8,13H2,1H3. The molecule has 0 aromatic carbocycles. The maximum atomic E-state index is 10.4. The van der Waals surface area contributed by atoms with Crippen LogP contribution < -0.4 is 0 Å². The number of hydrogen-bond donors (Lipinski definition) is 1. The molecule has 1 aromatic rings. The Labute approximate surface area is 117 Å². The summed E-state index contributed by atoms with van der Waals surface area (Å²) in [6.45, 7) is 2.27. The van der Waals surface area contributed by atoms with Crippen molar-refractivity contribution < 1.29 is 5.11 Å². The van der Waals surface area contributed by atoms with E-state index in [1.807, 2.05) is 24.5 Å². The molecule has 0 aliphatic heterocycles. The minimum absolute atomic E-state index is 0.172. The van der Waals surface area contributed by atoms with Crippen LogP contribution in [0, 0.1) is 11.8 Å². The molecular formula is C17H27NO. The number of hydrogen-bond acceptors (Lipinski definition) is 2. The van der Waals surface area contributed by atoms with E-state index in [1.165, 1.54) is 50.5 Å². The van der Waals surface area contributed by atoms with Crippen LogP contribution in [0.3, 0.4) is 0 Å². The van der Waals surface area contributed by atoms with Gasteiger partial charge in [-0.3, -0.25) is 4.98 Å². The minimum Gasteiger partial charge on any atom is -0.392 e. The third-order valence-electron chi connectivity index (χ3n) is 4.60. The Bertz CT molecular complexity index is 344. The lowest BCUT2D eigenvalue weighted by Crippen LogP contribution is -2.27. The lowest BCUT2D eigenvalue weighted by atomic mass is 9.76. The summed E-state index contributed by atoms with van der Waals surface area (Å²) in [7, 11) is 0. The Balaban J connectivity index is 1.74. The molecule has 0 spiro atoms. The van der Waals surface area contributed by atoms with E-state index in [2.05, 4.69) is 11.9 Å². The van der Waals surface area contributed by atoms with Crippen LogP contribution in [0.2, 0.25) is 0 Å². The van der Waals surface area contributed by atoms with E-state index in [0.29, 0.717) is 5.92 Å². The van der Waals surface area contributed by atoms with E-state index < -0.39 is 0 Å². The second kappa shape index (κ2) is 7.64. The maximum Gasteiger partial charge on any atom is 0.0608 e. The van der Waals surface area contributed by atoms with Crippen molar-refractivity contribution in [3.05, 3.63) is 30.1 Å². The molecule has 2 nitrogen and oxygen atoms in total. The van der Waals surface area contributed by atoms with Crippen molar-refractivity contribution in [2.75, 3.05) is 0 Å². The fourth-order valence-corrected chi connectivity index (χ4v) is 3.28. The lowest BCUT2D eigenvalue weighted by Gasteiger charge is -2.31. The minimum atomic E-state index is -0.172. The average molecular weight is 261 g/mol. The molecule has 19 heavy (non-hydrogen) atoms. The third-order valence-corrected chi connectivity index (χ3v) is 4.60. The largest absolute Gasteiger partial charge is 0.392 e. The summed E-state index contributed by atoms with van der Waals surface area (Å²) < 4.78 is 0. The molecule has 1 fully saturated rings. The second-order valence-electron chi connectivity index (χ2n) is 6.05. The van der Waals surface area contributed by atoms with Crippen LogP contribution in [0.25, 0.3) is 0 Å². The number of aliphatic hydroxyl groups is 1. The van der Waals surface area contributed by atoms with E-state index in [9.17, 15) is 5.11 Å². The van der Waals surface area contributed by atoms with Crippen molar-refractivity contribution in [1.29, 1.82) is 0 Å². The highest BCUT2D eigenvalue weighted by Gasteiger charge is 2.26. The van der Waals surface area contributed by atoms with Crippen LogP contribution in [0.15, 0.2) is 24.5 Å². The van der Waals surface area contributed by atoms with Gasteiger partial charge in [-0.25, -0.2) is 0 Å².